The van der Waals surface area contributed by atoms with E-state index in [0.717, 1.165) is 6.42 Å². The van der Waals surface area contributed by atoms with Crippen LogP contribution < -0.4 is 5.69 Å². The maximum atomic E-state index is 12.2. The average molecular weight is 298 g/mol. The minimum Gasteiger partial charge on any atom is -0.508 e. The summed E-state index contributed by atoms with van der Waals surface area (Å²) in [4.78, 5) is 23.7. The third-order valence-corrected chi connectivity index (χ3v) is 3.83. The number of phenols is 1. The van der Waals surface area contributed by atoms with Gasteiger partial charge in [-0.3, -0.25) is 4.57 Å². The van der Waals surface area contributed by atoms with E-state index in [4.69, 9.17) is 4.74 Å². The lowest BCUT2D eigenvalue weighted by atomic mass is 10.2. The van der Waals surface area contributed by atoms with Crippen LogP contribution in [0, 0.1) is 0 Å². The first-order valence-corrected chi connectivity index (χ1v) is 7.07. The number of benzene rings is 1. The van der Waals surface area contributed by atoms with Crippen molar-refractivity contribution in [2.75, 3.05) is 13.2 Å². The molecule has 1 fully saturated rings. The summed E-state index contributed by atoms with van der Waals surface area (Å²) in [6.45, 7) is 1.16. The Labute approximate surface area is 125 Å². The van der Waals surface area contributed by atoms with Gasteiger partial charge in [0.1, 0.15) is 11.3 Å². The van der Waals surface area contributed by atoms with Gasteiger partial charge in [-0.1, -0.05) is 12.1 Å². The van der Waals surface area contributed by atoms with E-state index in [9.17, 15) is 9.90 Å². The second-order valence-electron chi connectivity index (χ2n) is 5.30. The largest absolute Gasteiger partial charge is 0.508 e. The van der Waals surface area contributed by atoms with Crippen LogP contribution in [0.15, 0.2) is 35.3 Å². The second-order valence-corrected chi connectivity index (χ2v) is 5.30. The molecule has 7 nitrogen and oxygen atoms in total. The summed E-state index contributed by atoms with van der Waals surface area (Å²) in [7, 11) is 0. The van der Waals surface area contributed by atoms with Crippen LogP contribution in [0.4, 0.5) is 0 Å². The molecule has 0 unspecified atom stereocenters. The fraction of sp³-hybridized carbons (Fsp3) is 0.267. The van der Waals surface area contributed by atoms with Crippen molar-refractivity contribution in [3.63, 3.8) is 0 Å². The monoisotopic (exact) mass is 298 g/mol. The van der Waals surface area contributed by atoms with E-state index in [1.165, 1.54) is 0 Å². The lowest BCUT2D eigenvalue weighted by molar-refractivity contribution is 0.186. The van der Waals surface area contributed by atoms with E-state index in [-0.39, 0.29) is 17.5 Å². The number of nitrogens with one attached hydrogen (secondary N) is 1. The number of hydrogen-bond acceptors (Lipinski definition) is 5. The summed E-state index contributed by atoms with van der Waals surface area (Å²) < 4.78 is 7.00. The lowest BCUT2D eigenvalue weighted by Crippen LogP contribution is -2.22. The number of aromatic amines is 1. The molecule has 0 saturated carbocycles. The van der Waals surface area contributed by atoms with Gasteiger partial charge in [0.05, 0.1) is 18.8 Å². The van der Waals surface area contributed by atoms with Gasteiger partial charge < -0.3 is 14.8 Å². The number of fused-ring (bicyclic) bond motifs is 1. The lowest BCUT2D eigenvalue weighted by Gasteiger charge is -2.09. The molecule has 1 aromatic carbocycles. The molecule has 2 N–H and O–H groups in total. The van der Waals surface area contributed by atoms with E-state index in [0.29, 0.717) is 35.8 Å². The van der Waals surface area contributed by atoms with Crippen LogP contribution in [0.5, 0.6) is 5.75 Å². The van der Waals surface area contributed by atoms with Crippen molar-refractivity contribution in [2.45, 2.75) is 12.5 Å². The highest BCUT2D eigenvalue weighted by atomic mass is 16.5. The fourth-order valence-electron chi connectivity index (χ4n) is 2.76. The first-order chi connectivity index (χ1) is 10.7. The highest BCUT2D eigenvalue weighted by Gasteiger charge is 2.23. The molecule has 1 aliphatic rings. The molecule has 3 aromatic rings. The van der Waals surface area contributed by atoms with E-state index >= 15 is 0 Å². The van der Waals surface area contributed by atoms with Gasteiger partial charge in [0.25, 0.3) is 0 Å². The Morgan fingerprint density at radius 1 is 1.41 bits per heavy atom. The van der Waals surface area contributed by atoms with Crippen molar-refractivity contribution in [1.29, 1.82) is 0 Å². The molecule has 4 rings (SSSR count). The first-order valence-electron chi connectivity index (χ1n) is 7.07. The minimum absolute atomic E-state index is 0.00632. The molecule has 7 heteroatoms. The molecule has 0 aliphatic carbocycles. The van der Waals surface area contributed by atoms with Crippen molar-refractivity contribution < 1.29 is 9.84 Å². The average Bonchev–Trinajstić information content (AvgIpc) is 3.12. The highest BCUT2D eigenvalue weighted by molar-refractivity contribution is 5.73. The topological polar surface area (TPSA) is 93.0 Å². The van der Waals surface area contributed by atoms with E-state index in [1.807, 2.05) is 6.07 Å². The summed E-state index contributed by atoms with van der Waals surface area (Å²) in [5.41, 5.74) is 1.66. The number of phenolic OH excluding ortho intramolecular Hbond substituents is 1. The number of imidazole rings is 1. The molecular formula is C15H14N4O3. The number of hydrogen-bond donors (Lipinski definition) is 2. The number of nitrogens with zero attached hydrogens (tertiary/aromatic N) is 3. The Morgan fingerprint density at radius 2 is 2.32 bits per heavy atom. The Kier molecular flexibility index (Phi) is 2.93. The molecule has 3 heterocycles. The summed E-state index contributed by atoms with van der Waals surface area (Å²) in [5.74, 6) is 0.618. The van der Waals surface area contributed by atoms with Crippen LogP contribution >= 0.6 is 0 Å². The SMILES string of the molecule is O=c1[nH]c2cnc(-c3cccc(O)c3)nc2n1[C@@H]1CCOC1. The molecule has 2 aromatic heterocycles. The maximum Gasteiger partial charge on any atom is 0.328 e. The van der Waals surface area contributed by atoms with E-state index < -0.39 is 0 Å². The Bertz CT molecular complexity index is 893. The Morgan fingerprint density at radius 3 is 3.09 bits per heavy atom. The smallest absolute Gasteiger partial charge is 0.328 e. The molecule has 1 aliphatic heterocycles. The van der Waals surface area contributed by atoms with Gasteiger partial charge in [0.2, 0.25) is 0 Å². The zero-order valence-electron chi connectivity index (χ0n) is 11.7. The van der Waals surface area contributed by atoms with Crippen molar-refractivity contribution in [3.8, 4) is 17.1 Å². The molecule has 0 spiro atoms. The normalized spacial score (nSPS) is 18.1. The fourth-order valence-corrected chi connectivity index (χ4v) is 2.76. The standard InChI is InChI=1S/C15H14N4O3/c20-11-3-1-2-9(6-11)13-16-7-12-14(18-13)19(15(21)17-12)10-4-5-22-8-10/h1-3,6-7,10,20H,4-5,8H2,(H,17,21)/t10-/m1/s1. The van der Waals surface area contributed by atoms with Crippen LogP contribution in [0.1, 0.15) is 12.5 Å². The van der Waals surface area contributed by atoms with Crippen molar-refractivity contribution >= 4 is 11.2 Å². The van der Waals surface area contributed by atoms with Crippen LogP contribution in [0.2, 0.25) is 0 Å². The molecule has 0 bridgehead atoms. The summed E-state index contributed by atoms with van der Waals surface area (Å²) >= 11 is 0. The first kappa shape index (κ1) is 13.0. The highest BCUT2D eigenvalue weighted by Crippen LogP contribution is 2.24. The van der Waals surface area contributed by atoms with Crippen LogP contribution in [0.25, 0.3) is 22.6 Å². The van der Waals surface area contributed by atoms with Crippen molar-refractivity contribution in [1.82, 2.24) is 19.5 Å². The zero-order chi connectivity index (χ0) is 15.1. The predicted molar refractivity (Wildman–Crippen MR) is 79.7 cm³/mol. The number of H-pyrrole nitrogens is 1. The molecule has 22 heavy (non-hydrogen) atoms. The van der Waals surface area contributed by atoms with Crippen molar-refractivity contribution in [3.05, 3.63) is 40.9 Å². The molecule has 1 saturated heterocycles. The van der Waals surface area contributed by atoms with Crippen molar-refractivity contribution in [2.24, 2.45) is 0 Å². The summed E-state index contributed by atoms with van der Waals surface area (Å²) in [6, 6.07) is 6.72. The molecule has 0 amide bonds. The maximum absolute atomic E-state index is 12.2. The van der Waals surface area contributed by atoms with Gasteiger partial charge >= 0.3 is 5.69 Å². The third-order valence-electron chi connectivity index (χ3n) is 3.83. The molecule has 0 radical (unpaired) electrons. The van der Waals surface area contributed by atoms with Crippen LogP contribution in [-0.2, 0) is 4.74 Å². The van der Waals surface area contributed by atoms with Gasteiger partial charge in [0.15, 0.2) is 11.5 Å². The second kappa shape index (κ2) is 4.96. The number of ether oxygens (including phenoxy) is 1. The Hall–Kier alpha value is -2.67. The summed E-state index contributed by atoms with van der Waals surface area (Å²) in [6.07, 6.45) is 2.38. The predicted octanol–water partition coefficient (Wildman–Crippen LogP) is 1.45. The van der Waals surface area contributed by atoms with Crippen LogP contribution in [0.3, 0.4) is 0 Å². The quantitative estimate of drug-likeness (QED) is 0.747. The number of aromatic hydroxyl groups is 1. The molecule has 112 valence electrons. The van der Waals surface area contributed by atoms with Gasteiger partial charge in [-0.15, -0.1) is 0 Å². The number of aromatic nitrogens is 4. The van der Waals surface area contributed by atoms with Gasteiger partial charge in [-0.2, -0.15) is 0 Å². The Balaban J connectivity index is 1.89. The molecular weight excluding hydrogens is 284 g/mol. The van der Waals surface area contributed by atoms with Gasteiger partial charge in [-0.25, -0.2) is 14.8 Å². The number of rotatable bonds is 2. The van der Waals surface area contributed by atoms with Crippen LogP contribution in [-0.4, -0.2) is 37.8 Å². The minimum atomic E-state index is -0.201. The van der Waals surface area contributed by atoms with Gasteiger partial charge in [0, 0.05) is 12.2 Å². The van der Waals surface area contributed by atoms with E-state index in [1.54, 1.807) is 29.0 Å². The van der Waals surface area contributed by atoms with E-state index in [2.05, 4.69) is 15.0 Å². The molecule has 1 atom stereocenters. The third kappa shape index (κ3) is 2.06. The van der Waals surface area contributed by atoms with Gasteiger partial charge in [-0.05, 0) is 18.6 Å². The summed E-state index contributed by atoms with van der Waals surface area (Å²) in [5, 5.41) is 9.59. The zero-order valence-corrected chi connectivity index (χ0v) is 11.7.